The average Bonchev–Trinajstić information content (AvgIpc) is 2.50. The second-order valence-corrected chi connectivity index (χ2v) is 7.48. The number of nitro benzene ring substituents is 1. The van der Waals surface area contributed by atoms with Crippen LogP contribution in [0.5, 0.6) is 0 Å². The van der Waals surface area contributed by atoms with Crippen LogP contribution >= 0.6 is 23.2 Å². The molecular weight excluding hydrogens is 393 g/mol. The lowest BCUT2D eigenvalue weighted by molar-refractivity contribution is -0.385. The van der Waals surface area contributed by atoms with Gasteiger partial charge in [-0.3, -0.25) is 10.1 Å². The Morgan fingerprint density at radius 1 is 1.20 bits per heavy atom. The minimum Gasteiger partial charge on any atom is -0.387 e. The number of nitrogens with one attached hydrogen (secondary N) is 1. The van der Waals surface area contributed by atoms with Crippen LogP contribution in [-0.4, -0.2) is 25.0 Å². The molecule has 0 amide bonds. The summed E-state index contributed by atoms with van der Waals surface area (Å²) in [6.07, 6.45) is -1.06. The molecule has 0 saturated heterocycles. The van der Waals surface area contributed by atoms with E-state index in [9.17, 15) is 23.6 Å². The molecule has 0 aliphatic heterocycles. The van der Waals surface area contributed by atoms with Crippen molar-refractivity contribution in [3.05, 3.63) is 62.1 Å². The molecule has 25 heavy (non-hydrogen) atoms. The van der Waals surface area contributed by atoms with Gasteiger partial charge in [0.25, 0.3) is 5.69 Å². The van der Waals surface area contributed by atoms with Crippen LogP contribution in [0.2, 0.25) is 10.0 Å². The van der Waals surface area contributed by atoms with E-state index in [2.05, 4.69) is 5.32 Å². The Labute approximate surface area is 153 Å². The molecule has 0 fully saturated rings. The summed E-state index contributed by atoms with van der Waals surface area (Å²) < 4.78 is 23.3. The van der Waals surface area contributed by atoms with Gasteiger partial charge in [-0.1, -0.05) is 23.2 Å². The molecule has 2 aromatic rings. The van der Waals surface area contributed by atoms with E-state index in [-0.39, 0.29) is 12.2 Å². The lowest BCUT2D eigenvalue weighted by Crippen LogP contribution is -2.18. The number of halogens is 2. The third-order valence-corrected chi connectivity index (χ3v) is 4.63. The van der Waals surface area contributed by atoms with E-state index in [0.29, 0.717) is 15.6 Å². The quantitative estimate of drug-likeness (QED) is 0.499. The van der Waals surface area contributed by atoms with Gasteiger partial charge in [0.1, 0.15) is 4.90 Å². The Kier molecular flexibility index (Phi) is 5.86. The summed E-state index contributed by atoms with van der Waals surface area (Å²) in [5, 5.41) is 29.5. The predicted octanol–water partition coefficient (Wildman–Crippen LogP) is 2.69. The van der Waals surface area contributed by atoms with Gasteiger partial charge in [0.2, 0.25) is 10.0 Å². The number of sulfonamides is 1. The van der Waals surface area contributed by atoms with E-state index in [4.69, 9.17) is 28.3 Å². The van der Waals surface area contributed by atoms with E-state index in [1.165, 1.54) is 24.3 Å². The van der Waals surface area contributed by atoms with Gasteiger partial charge in [-0.2, -0.15) is 0 Å². The van der Waals surface area contributed by atoms with Gasteiger partial charge in [-0.15, -0.1) is 0 Å². The highest BCUT2D eigenvalue weighted by Gasteiger charge is 2.20. The van der Waals surface area contributed by atoms with Crippen molar-refractivity contribution in [3.8, 4) is 0 Å². The molecule has 0 heterocycles. The smallest absolute Gasteiger partial charge is 0.270 e. The highest BCUT2D eigenvalue weighted by molar-refractivity contribution is 7.89. The third kappa shape index (κ3) is 5.03. The fourth-order valence-corrected chi connectivity index (χ4v) is 3.37. The number of aliphatic hydroxyl groups is 1. The Hall–Kier alpha value is -1.91. The highest BCUT2D eigenvalue weighted by atomic mass is 35.5. The van der Waals surface area contributed by atoms with E-state index in [0.717, 1.165) is 12.1 Å². The number of hydrogen-bond donors (Lipinski definition) is 3. The Bertz CT molecular complexity index is 900. The van der Waals surface area contributed by atoms with Crippen LogP contribution in [0.15, 0.2) is 41.3 Å². The van der Waals surface area contributed by atoms with Crippen molar-refractivity contribution in [2.75, 3.05) is 11.9 Å². The first-order valence-corrected chi connectivity index (χ1v) is 9.07. The molecule has 2 aromatic carbocycles. The zero-order chi connectivity index (χ0) is 18.8. The van der Waals surface area contributed by atoms with Crippen LogP contribution in [0, 0.1) is 10.1 Å². The molecule has 4 N–H and O–H groups in total. The molecule has 0 aliphatic carbocycles. The van der Waals surface area contributed by atoms with Crippen LogP contribution in [0.3, 0.4) is 0 Å². The molecule has 134 valence electrons. The van der Waals surface area contributed by atoms with Crippen molar-refractivity contribution in [1.82, 2.24) is 0 Å². The lowest BCUT2D eigenvalue weighted by Gasteiger charge is -2.15. The van der Waals surface area contributed by atoms with Crippen LogP contribution in [0.4, 0.5) is 11.4 Å². The van der Waals surface area contributed by atoms with Gasteiger partial charge in [0.15, 0.2) is 0 Å². The molecule has 0 saturated carbocycles. The zero-order valence-electron chi connectivity index (χ0n) is 12.5. The fourth-order valence-electron chi connectivity index (χ4n) is 2.10. The molecule has 0 spiro atoms. The Morgan fingerprint density at radius 3 is 2.32 bits per heavy atom. The summed E-state index contributed by atoms with van der Waals surface area (Å²) in [6, 6.07) is 7.70. The van der Waals surface area contributed by atoms with Crippen molar-refractivity contribution in [2.24, 2.45) is 5.14 Å². The molecule has 1 unspecified atom stereocenters. The Morgan fingerprint density at radius 2 is 1.80 bits per heavy atom. The van der Waals surface area contributed by atoms with Crippen LogP contribution in [0.25, 0.3) is 0 Å². The number of primary sulfonamides is 1. The summed E-state index contributed by atoms with van der Waals surface area (Å²) >= 11 is 11.7. The van der Waals surface area contributed by atoms with E-state index < -0.39 is 31.6 Å². The minimum atomic E-state index is -4.21. The number of nitrogens with zero attached hydrogens (tertiary/aromatic N) is 1. The first kappa shape index (κ1) is 19.4. The van der Waals surface area contributed by atoms with Crippen molar-refractivity contribution in [1.29, 1.82) is 0 Å². The second-order valence-electron chi connectivity index (χ2n) is 5.08. The second kappa shape index (κ2) is 7.54. The summed E-state index contributed by atoms with van der Waals surface area (Å²) in [5.41, 5.74) is 0.0288. The molecular formula is C14H13Cl2N3O5S. The van der Waals surface area contributed by atoms with Crippen LogP contribution < -0.4 is 10.5 Å². The normalized spacial score (nSPS) is 12.6. The molecule has 2 rings (SSSR count). The third-order valence-electron chi connectivity index (χ3n) is 3.24. The number of anilines is 1. The van der Waals surface area contributed by atoms with Crippen molar-refractivity contribution < 1.29 is 18.4 Å². The number of nitro groups is 1. The average molecular weight is 406 g/mol. The van der Waals surface area contributed by atoms with Crippen molar-refractivity contribution >= 4 is 44.6 Å². The molecule has 0 bridgehead atoms. The first-order valence-electron chi connectivity index (χ1n) is 6.77. The maximum absolute atomic E-state index is 11.7. The van der Waals surface area contributed by atoms with Gasteiger partial charge in [0.05, 0.1) is 16.7 Å². The monoisotopic (exact) mass is 405 g/mol. The van der Waals surface area contributed by atoms with Gasteiger partial charge in [0, 0.05) is 28.7 Å². The largest absolute Gasteiger partial charge is 0.387 e. The van der Waals surface area contributed by atoms with Crippen LogP contribution in [0.1, 0.15) is 11.7 Å². The van der Waals surface area contributed by atoms with Gasteiger partial charge < -0.3 is 10.4 Å². The number of hydrogen-bond acceptors (Lipinski definition) is 6. The van der Waals surface area contributed by atoms with Gasteiger partial charge in [-0.25, -0.2) is 13.6 Å². The van der Waals surface area contributed by atoms with Crippen molar-refractivity contribution in [2.45, 2.75) is 11.0 Å². The van der Waals surface area contributed by atoms with E-state index >= 15 is 0 Å². The zero-order valence-corrected chi connectivity index (χ0v) is 14.8. The number of nitrogens with two attached hydrogens (primary N) is 1. The molecule has 0 radical (unpaired) electrons. The maximum Gasteiger partial charge on any atom is 0.270 e. The number of benzene rings is 2. The first-order chi connectivity index (χ1) is 11.6. The predicted molar refractivity (Wildman–Crippen MR) is 94.4 cm³/mol. The molecule has 0 aromatic heterocycles. The van der Waals surface area contributed by atoms with Crippen molar-refractivity contribution in [3.63, 3.8) is 0 Å². The number of non-ortho nitro benzene ring substituents is 1. The summed E-state index contributed by atoms with van der Waals surface area (Å²) in [7, 11) is -4.21. The fraction of sp³-hybridized carbons (Fsp3) is 0.143. The van der Waals surface area contributed by atoms with E-state index in [1.807, 2.05) is 0 Å². The lowest BCUT2D eigenvalue weighted by atomic mass is 10.1. The standard InChI is InChI=1S/C14H13Cl2N3O5S/c15-9-3-8(4-10(16)5-9)13(20)7-18-12-2-1-11(19(21)22)6-14(12)25(17,23)24/h1-6,13,18,20H,7H2,(H2,17,23,24). The maximum atomic E-state index is 11.7. The minimum absolute atomic E-state index is 0.0280. The number of aliphatic hydroxyl groups excluding tert-OH is 1. The highest BCUT2D eigenvalue weighted by Crippen LogP contribution is 2.27. The van der Waals surface area contributed by atoms with E-state index in [1.54, 1.807) is 0 Å². The molecule has 8 nitrogen and oxygen atoms in total. The molecule has 0 aliphatic rings. The van der Waals surface area contributed by atoms with Crippen LogP contribution in [-0.2, 0) is 10.0 Å². The molecule has 11 heteroatoms. The van der Waals surface area contributed by atoms with Gasteiger partial charge in [-0.05, 0) is 29.8 Å². The SMILES string of the molecule is NS(=O)(=O)c1cc([N+](=O)[O-])ccc1NCC(O)c1cc(Cl)cc(Cl)c1. The Balaban J connectivity index is 2.26. The summed E-state index contributed by atoms with van der Waals surface area (Å²) in [4.78, 5) is 9.61. The molecule has 1 atom stereocenters. The number of rotatable bonds is 6. The topological polar surface area (TPSA) is 136 Å². The summed E-state index contributed by atoms with van der Waals surface area (Å²) in [5.74, 6) is 0. The summed E-state index contributed by atoms with van der Waals surface area (Å²) in [6.45, 7) is -0.100. The van der Waals surface area contributed by atoms with Gasteiger partial charge >= 0.3 is 0 Å².